The van der Waals surface area contributed by atoms with Crippen molar-refractivity contribution in [2.45, 2.75) is 12.6 Å². The van der Waals surface area contributed by atoms with Gasteiger partial charge in [0.15, 0.2) is 11.6 Å². The van der Waals surface area contributed by atoms with Gasteiger partial charge in [-0.1, -0.05) is 12.1 Å². The molecule has 1 atom stereocenters. The van der Waals surface area contributed by atoms with Gasteiger partial charge in [0.1, 0.15) is 5.82 Å². The molecule has 0 aromatic heterocycles. The second-order valence-electron chi connectivity index (χ2n) is 8.00. The Morgan fingerprint density at radius 2 is 1.84 bits per heavy atom. The Labute approximate surface area is 181 Å². The highest BCUT2D eigenvalue weighted by molar-refractivity contribution is 5.94. The van der Waals surface area contributed by atoms with Crippen molar-refractivity contribution in [3.8, 4) is 0 Å². The zero-order valence-corrected chi connectivity index (χ0v) is 17.9. The van der Waals surface area contributed by atoms with E-state index in [2.05, 4.69) is 0 Å². The third-order valence-electron chi connectivity index (χ3n) is 5.27. The molecule has 0 radical (unpaired) electrons. The lowest BCUT2D eigenvalue weighted by molar-refractivity contribution is -0.0435. The number of morpholine rings is 1. The molecule has 1 aliphatic heterocycles. The average molecular weight is 435 g/mol. The standard InChI is InChI=1S/C23H28F3N3O2/c1-27(2)10-11-29(23(30)17-6-8-19(24)9-7-17)16-20-15-28(12-13-31-20)14-18-4-3-5-21(25)22(18)26/h3-9,20H,10-16H2,1-2H3. The highest BCUT2D eigenvalue weighted by Gasteiger charge is 2.26. The van der Waals surface area contributed by atoms with Crippen LogP contribution in [0.3, 0.4) is 0 Å². The number of carbonyl (C=O) groups excluding carboxylic acids is 1. The molecule has 0 spiro atoms. The number of hydrogen-bond donors (Lipinski definition) is 0. The van der Waals surface area contributed by atoms with Crippen molar-refractivity contribution in [2.75, 3.05) is 53.4 Å². The van der Waals surface area contributed by atoms with Gasteiger partial charge in [0.05, 0.1) is 12.7 Å². The van der Waals surface area contributed by atoms with E-state index in [0.29, 0.717) is 50.5 Å². The molecule has 1 aliphatic rings. The van der Waals surface area contributed by atoms with E-state index in [1.54, 1.807) is 11.0 Å². The molecule has 31 heavy (non-hydrogen) atoms. The number of amides is 1. The number of carbonyl (C=O) groups is 1. The molecule has 0 saturated carbocycles. The molecule has 0 bridgehead atoms. The summed E-state index contributed by atoms with van der Waals surface area (Å²) in [6.45, 7) is 3.30. The zero-order chi connectivity index (χ0) is 22.4. The first-order valence-electron chi connectivity index (χ1n) is 10.3. The molecule has 0 N–H and O–H groups in total. The van der Waals surface area contributed by atoms with Gasteiger partial charge >= 0.3 is 0 Å². The summed E-state index contributed by atoms with van der Waals surface area (Å²) in [5.74, 6) is -2.28. The topological polar surface area (TPSA) is 36.0 Å². The molecule has 0 aliphatic carbocycles. The maximum atomic E-state index is 14.0. The van der Waals surface area contributed by atoms with Crippen LogP contribution < -0.4 is 0 Å². The smallest absolute Gasteiger partial charge is 0.253 e. The van der Waals surface area contributed by atoms with Gasteiger partial charge in [0.2, 0.25) is 0 Å². The highest BCUT2D eigenvalue weighted by atomic mass is 19.2. The minimum atomic E-state index is -0.859. The molecule has 5 nitrogen and oxygen atoms in total. The first kappa shape index (κ1) is 23.2. The van der Waals surface area contributed by atoms with Crippen LogP contribution in [-0.2, 0) is 11.3 Å². The summed E-state index contributed by atoms with van der Waals surface area (Å²) in [4.78, 5) is 18.7. The molecular formula is C23H28F3N3O2. The lowest BCUT2D eigenvalue weighted by atomic mass is 10.1. The van der Waals surface area contributed by atoms with Gasteiger partial charge in [-0.2, -0.15) is 0 Å². The van der Waals surface area contributed by atoms with Gasteiger partial charge in [-0.25, -0.2) is 13.2 Å². The summed E-state index contributed by atoms with van der Waals surface area (Å²) in [6.07, 6.45) is -0.267. The van der Waals surface area contributed by atoms with Crippen LogP contribution in [0, 0.1) is 17.5 Å². The van der Waals surface area contributed by atoms with Crippen molar-refractivity contribution in [3.63, 3.8) is 0 Å². The number of hydrogen-bond acceptors (Lipinski definition) is 4. The molecule has 1 fully saturated rings. The van der Waals surface area contributed by atoms with Crippen molar-refractivity contribution < 1.29 is 22.7 Å². The van der Waals surface area contributed by atoms with Crippen molar-refractivity contribution in [1.82, 2.24) is 14.7 Å². The summed E-state index contributed by atoms with van der Waals surface area (Å²) >= 11 is 0. The zero-order valence-electron chi connectivity index (χ0n) is 17.9. The minimum Gasteiger partial charge on any atom is -0.374 e. The van der Waals surface area contributed by atoms with Gasteiger partial charge < -0.3 is 14.5 Å². The fourth-order valence-electron chi connectivity index (χ4n) is 3.56. The first-order valence-corrected chi connectivity index (χ1v) is 10.3. The largest absolute Gasteiger partial charge is 0.374 e. The van der Waals surface area contributed by atoms with E-state index in [-0.39, 0.29) is 18.6 Å². The predicted octanol–water partition coefficient (Wildman–Crippen LogP) is 3.01. The van der Waals surface area contributed by atoms with Crippen molar-refractivity contribution >= 4 is 5.91 Å². The van der Waals surface area contributed by atoms with Crippen LogP contribution in [0.2, 0.25) is 0 Å². The molecule has 1 heterocycles. The number of halogens is 3. The van der Waals surface area contributed by atoms with Crippen molar-refractivity contribution in [1.29, 1.82) is 0 Å². The number of likely N-dealkylation sites (N-methyl/N-ethyl adjacent to an activating group) is 1. The fourth-order valence-corrected chi connectivity index (χ4v) is 3.56. The van der Waals surface area contributed by atoms with Crippen LogP contribution in [0.1, 0.15) is 15.9 Å². The number of nitrogens with zero attached hydrogens (tertiary/aromatic N) is 3. The molecule has 2 aromatic carbocycles. The van der Waals surface area contributed by atoms with Crippen LogP contribution in [-0.4, -0.2) is 80.1 Å². The molecule has 3 rings (SSSR count). The lowest BCUT2D eigenvalue weighted by Gasteiger charge is -2.36. The minimum absolute atomic E-state index is 0.196. The van der Waals surface area contributed by atoms with E-state index >= 15 is 0 Å². The lowest BCUT2D eigenvalue weighted by Crippen LogP contribution is -2.49. The van der Waals surface area contributed by atoms with Gasteiger partial charge in [-0.3, -0.25) is 9.69 Å². The van der Waals surface area contributed by atoms with E-state index in [9.17, 15) is 18.0 Å². The van der Waals surface area contributed by atoms with E-state index in [1.807, 2.05) is 23.9 Å². The normalized spacial score (nSPS) is 17.2. The van der Waals surface area contributed by atoms with E-state index in [0.717, 1.165) is 6.07 Å². The van der Waals surface area contributed by atoms with E-state index in [4.69, 9.17) is 4.74 Å². The molecule has 8 heteroatoms. The summed E-state index contributed by atoms with van der Waals surface area (Å²) in [7, 11) is 3.85. The fraction of sp³-hybridized carbons (Fsp3) is 0.435. The Hall–Kier alpha value is -2.42. The van der Waals surface area contributed by atoms with Crippen LogP contribution in [0.25, 0.3) is 0 Å². The van der Waals surface area contributed by atoms with Gasteiger partial charge in [0, 0.05) is 50.4 Å². The predicted molar refractivity (Wildman–Crippen MR) is 112 cm³/mol. The Morgan fingerprint density at radius 3 is 2.55 bits per heavy atom. The molecule has 1 saturated heterocycles. The second kappa shape index (κ2) is 10.7. The summed E-state index contributed by atoms with van der Waals surface area (Å²) in [6, 6.07) is 9.65. The molecule has 168 valence electrons. The third-order valence-corrected chi connectivity index (χ3v) is 5.27. The van der Waals surface area contributed by atoms with Gasteiger partial charge in [-0.05, 0) is 44.4 Å². The summed E-state index contributed by atoms with van der Waals surface area (Å²) in [5.41, 5.74) is 0.710. The van der Waals surface area contributed by atoms with E-state index < -0.39 is 17.5 Å². The monoisotopic (exact) mass is 435 g/mol. The number of ether oxygens (including phenoxy) is 1. The van der Waals surface area contributed by atoms with Crippen LogP contribution in [0.15, 0.2) is 42.5 Å². The Morgan fingerprint density at radius 1 is 1.10 bits per heavy atom. The Bertz CT molecular complexity index is 877. The van der Waals surface area contributed by atoms with Gasteiger partial charge in [-0.15, -0.1) is 0 Å². The second-order valence-corrected chi connectivity index (χ2v) is 8.00. The quantitative estimate of drug-likeness (QED) is 0.639. The van der Waals surface area contributed by atoms with Crippen molar-refractivity contribution in [2.24, 2.45) is 0 Å². The highest BCUT2D eigenvalue weighted by Crippen LogP contribution is 2.17. The van der Waals surface area contributed by atoms with Crippen LogP contribution in [0.4, 0.5) is 13.2 Å². The summed E-state index contributed by atoms with van der Waals surface area (Å²) < 4.78 is 46.7. The Kier molecular flexibility index (Phi) is 8.06. The Balaban J connectivity index is 1.67. The maximum Gasteiger partial charge on any atom is 0.253 e. The van der Waals surface area contributed by atoms with Crippen molar-refractivity contribution in [3.05, 3.63) is 71.0 Å². The maximum absolute atomic E-state index is 14.0. The molecule has 2 aromatic rings. The third kappa shape index (κ3) is 6.53. The number of rotatable bonds is 8. The number of benzene rings is 2. The molecular weight excluding hydrogens is 407 g/mol. The first-order chi connectivity index (χ1) is 14.8. The average Bonchev–Trinajstić information content (AvgIpc) is 2.74. The molecule has 1 amide bonds. The van der Waals surface area contributed by atoms with Crippen LogP contribution >= 0.6 is 0 Å². The summed E-state index contributed by atoms with van der Waals surface area (Å²) in [5, 5.41) is 0. The van der Waals surface area contributed by atoms with Crippen LogP contribution in [0.5, 0.6) is 0 Å². The van der Waals surface area contributed by atoms with E-state index in [1.165, 1.54) is 30.3 Å². The molecule has 1 unspecified atom stereocenters. The van der Waals surface area contributed by atoms with Gasteiger partial charge in [0.25, 0.3) is 5.91 Å². The SMILES string of the molecule is CN(C)CCN(CC1CN(Cc2cccc(F)c2F)CCO1)C(=O)c1ccc(F)cc1.